The lowest BCUT2D eigenvalue weighted by atomic mass is 10.0. The van der Waals surface area contributed by atoms with Gasteiger partial charge in [-0.1, -0.05) is 37.3 Å². The highest BCUT2D eigenvalue weighted by Crippen LogP contribution is 2.33. The third-order valence-corrected chi connectivity index (χ3v) is 7.12. The van der Waals surface area contributed by atoms with Crippen LogP contribution in [0.25, 0.3) is 0 Å². The molecule has 1 saturated carbocycles. The summed E-state index contributed by atoms with van der Waals surface area (Å²) in [5.41, 5.74) is 0.377. The van der Waals surface area contributed by atoms with Crippen molar-refractivity contribution < 1.29 is 28.2 Å². The van der Waals surface area contributed by atoms with E-state index < -0.39 is 22.5 Å². The molecule has 9 nitrogen and oxygen atoms in total. The summed E-state index contributed by atoms with van der Waals surface area (Å²) < 4.78 is 29.1. The average molecular weight is 498 g/mol. The smallest absolute Gasteiger partial charge is 0.232 e. The number of hydrogen-bond acceptors (Lipinski definition) is 8. The molecule has 0 bridgehead atoms. The normalized spacial score (nSPS) is 15.4. The lowest BCUT2D eigenvalue weighted by Crippen LogP contribution is -2.27. The molecule has 0 unspecified atom stereocenters. The maximum Gasteiger partial charge on any atom is 0.232 e. The van der Waals surface area contributed by atoms with Crippen molar-refractivity contribution in [2.45, 2.75) is 49.5 Å². The van der Waals surface area contributed by atoms with Crippen LogP contribution in [0.4, 0.5) is 11.5 Å². The molecular formula is C22H28ClN3O6S. The van der Waals surface area contributed by atoms with E-state index in [1.807, 2.05) is 0 Å². The first kappa shape index (κ1) is 25.4. The zero-order valence-electron chi connectivity index (χ0n) is 18.4. The number of nitrogens with zero attached hydrogens (tertiary/aromatic N) is 3. The number of sulfone groups is 1. The van der Waals surface area contributed by atoms with E-state index in [0.717, 1.165) is 25.5 Å². The molecule has 3 rings (SSSR count). The summed E-state index contributed by atoms with van der Waals surface area (Å²) >= 11 is 6.22. The third kappa shape index (κ3) is 6.86. The average Bonchev–Trinajstić information content (AvgIpc) is 3.30. The van der Waals surface area contributed by atoms with Crippen molar-refractivity contribution in [3.05, 3.63) is 35.6 Å². The van der Waals surface area contributed by atoms with Crippen molar-refractivity contribution in [2.24, 2.45) is 5.92 Å². The lowest BCUT2D eigenvalue weighted by Gasteiger charge is -2.23. The van der Waals surface area contributed by atoms with Crippen LogP contribution in [0.2, 0.25) is 5.02 Å². The molecule has 0 aliphatic heterocycles. The second-order valence-electron chi connectivity index (χ2n) is 8.17. The van der Waals surface area contributed by atoms with Crippen molar-refractivity contribution in [3.8, 4) is 5.88 Å². The highest BCUT2D eigenvalue weighted by molar-refractivity contribution is 7.90. The molecule has 2 aromatic rings. The van der Waals surface area contributed by atoms with Gasteiger partial charge in [0.2, 0.25) is 11.8 Å². The van der Waals surface area contributed by atoms with Gasteiger partial charge in [0.15, 0.2) is 15.7 Å². The van der Waals surface area contributed by atoms with Gasteiger partial charge in [-0.15, -0.1) is 0 Å². The molecule has 1 aromatic carbocycles. The lowest BCUT2D eigenvalue weighted by molar-refractivity contribution is -0.118. The molecule has 1 fully saturated rings. The van der Waals surface area contributed by atoms with Gasteiger partial charge in [0.25, 0.3) is 0 Å². The number of aliphatic hydroxyl groups is 2. The fraction of sp³-hybridized carbons (Fsp3) is 0.500. The number of carbonyl (C=O) groups is 1. The Morgan fingerprint density at radius 3 is 2.58 bits per heavy atom. The second kappa shape index (κ2) is 11.2. The number of amides is 1. The zero-order chi connectivity index (χ0) is 24.0. The maximum absolute atomic E-state index is 13.2. The van der Waals surface area contributed by atoms with Gasteiger partial charge in [-0.25, -0.2) is 18.4 Å². The Kier molecular flexibility index (Phi) is 8.63. The van der Waals surface area contributed by atoms with Crippen molar-refractivity contribution in [1.82, 2.24) is 9.97 Å². The van der Waals surface area contributed by atoms with Crippen molar-refractivity contribution >= 4 is 38.9 Å². The van der Waals surface area contributed by atoms with Gasteiger partial charge in [-0.05, 0) is 30.5 Å². The van der Waals surface area contributed by atoms with E-state index in [1.54, 1.807) is 0 Å². The van der Waals surface area contributed by atoms with Crippen LogP contribution in [0.15, 0.2) is 35.5 Å². The fourth-order valence-corrected chi connectivity index (χ4v) is 5.13. The van der Waals surface area contributed by atoms with Gasteiger partial charge in [0.1, 0.15) is 12.7 Å². The third-order valence-electron chi connectivity index (χ3n) is 5.54. The summed E-state index contributed by atoms with van der Waals surface area (Å²) in [7, 11) is -3.52. The van der Waals surface area contributed by atoms with Crippen LogP contribution < -0.4 is 9.64 Å². The number of aromatic nitrogens is 2. The first-order chi connectivity index (χ1) is 15.7. The van der Waals surface area contributed by atoms with Gasteiger partial charge >= 0.3 is 0 Å². The summed E-state index contributed by atoms with van der Waals surface area (Å²) in [5, 5.41) is 18.3. The molecule has 1 amide bonds. The summed E-state index contributed by atoms with van der Waals surface area (Å²) in [5.74, 6) is 0.662. The van der Waals surface area contributed by atoms with Gasteiger partial charge in [0.05, 0.1) is 34.6 Å². The molecule has 1 aliphatic carbocycles. The monoisotopic (exact) mass is 497 g/mol. The highest BCUT2D eigenvalue weighted by atomic mass is 35.5. The predicted molar refractivity (Wildman–Crippen MR) is 124 cm³/mol. The molecule has 11 heteroatoms. The van der Waals surface area contributed by atoms with E-state index in [2.05, 4.69) is 9.97 Å². The molecule has 1 atom stereocenters. The van der Waals surface area contributed by atoms with Crippen molar-refractivity contribution in [3.63, 3.8) is 0 Å². The number of benzene rings is 1. The molecule has 0 radical (unpaired) electrons. The van der Waals surface area contributed by atoms with Crippen LogP contribution in [0, 0.1) is 5.92 Å². The van der Waals surface area contributed by atoms with Crippen LogP contribution in [-0.4, -0.2) is 60.1 Å². The summed E-state index contributed by atoms with van der Waals surface area (Å²) in [4.78, 5) is 23.0. The zero-order valence-corrected chi connectivity index (χ0v) is 19.9. The SMILES string of the molecule is CS(=O)(=O)c1ccc(N(C(=O)CCC2CCCC2)c2cnc(OC[C@H](O)CO)cn2)cc1Cl. The fourth-order valence-electron chi connectivity index (χ4n) is 3.81. The minimum absolute atomic E-state index is 0.00879. The molecule has 1 aliphatic rings. The molecule has 1 aromatic heterocycles. The van der Waals surface area contributed by atoms with Crippen molar-refractivity contribution in [2.75, 3.05) is 24.4 Å². The van der Waals surface area contributed by atoms with Gasteiger partial charge in [0, 0.05) is 12.7 Å². The summed E-state index contributed by atoms with van der Waals surface area (Å²) in [6.07, 6.45) is 8.35. The van der Waals surface area contributed by atoms with Crippen LogP contribution >= 0.6 is 11.6 Å². The largest absolute Gasteiger partial charge is 0.474 e. The standard InChI is InChI=1S/C22H28ClN3O6S/c1-33(30,31)19-8-7-16(10-18(19)23)26(22(29)9-6-15-4-2-3-5-15)20-11-25-21(12-24-20)32-14-17(28)13-27/h7-8,10-12,15,17,27-28H,2-6,9,13-14H2,1H3/t17-/m1/s1. The second-order valence-corrected chi connectivity index (χ2v) is 10.6. The van der Waals surface area contributed by atoms with E-state index in [0.29, 0.717) is 18.0 Å². The highest BCUT2D eigenvalue weighted by Gasteiger charge is 2.24. The minimum atomic E-state index is -3.52. The van der Waals surface area contributed by atoms with Gasteiger partial charge < -0.3 is 14.9 Å². The Morgan fingerprint density at radius 1 is 1.27 bits per heavy atom. The molecule has 1 heterocycles. The Hall–Kier alpha value is -2.27. The minimum Gasteiger partial charge on any atom is -0.474 e. The van der Waals surface area contributed by atoms with Crippen LogP contribution in [-0.2, 0) is 14.6 Å². The first-order valence-electron chi connectivity index (χ1n) is 10.8. The number of carbonyl (C=O) groups excluding carboxylic acids is 1. The van der Waals surface area contributed by atoms with E-state index >= 15 is 0 Å². The maximum atomic E-state index is 13.2. The number of aliphatic hydroxyl groups excluding tert-OH is 2. The quantitative estimate of drug-likeness (QED) is 0.512. The van der Waals surface area contributed by atoms with Crippen molar-refractivity contribution in [1.29, 1.82) is 0 Å². The molecule has 2 N–H and O–H groups in total. The molecule has 0 spiro atoms. The Morgan fingerprint density at radius 2 is 2.00 bits per heavy atom. The molecule has 33 heavy (non-hydrogen) atoms. The van der Waals surface area contributed by atoms with E-state index in [9.17, 15) is 18.3 Å². The number of halogens is 1. The van der Waals surface area contributed by atoms with Crippen LogP contribution in [0.5, 0.6) is 5.88 Å². The van der Waals surface area contributed by atoms with E-state index in [-0.39, 0.29) is 34.1 Å². The molecular weight excluding hydrogens is 470 g/mol. The van der Waals surface area contributed by atoms with Gasteiger partial charge in [-0.2, -0.15) is 0 Å². The summed E-state index contributed by atoms with van der Waals surface area (Å²) in [6, 6.07) is 4.31. The topological polar surface area (TPSA) is 130 Å². The Bertz CT molecular complexity index is 1060. The first-order valence-corrected chi connectivity index (χ1v) is 13.0. The molecule has 0 saturated heterocycles. The number of rotatable bonds is 10. The number of anilines is 2. The number of hydrogen-bond donors (Lipinski definition) is 2. The van der Waals surface area contributed by atoms with Gasteiger partial charge in [-0.3, -0.25) is 9.69 Å². The number of ether oxygens (including phenoxy) is 1. The Balaban J connectivity index is 1.86. The Labute approximate surface area is 198 Å². The van der Waals surface area contributed by atoms with Crippen LogP contribution in [0.1, 0.15) is 38.5 Å². The van der Waals surface area contributed by atoms with E-state index in [4.69, 9.17) is 21.4 Å². The molecule has 180 valence electrons. The summed E-state index contributed by atoms with van der Waals surface area (Å²) in [6.45, 7) is -0.601. The van der Waals surface area contributed by atoms with E-state index in [1.165, 1.54) is 48.3 Å². The van der Waals surface area contributed by atoms with Crippen LogP contribution in [0.3, 0.4) is 0 Å². The predicted octanol–water partition coefficient (Wildman–Crippen LogP) is 2.90.